The molecule has 0 heterocycles. The molecule has 29 heavy (non-hydrogen) atoms. The first kappa shape index (κ1) is 23.1. The largest absolute Gasteiger partial charge is 0.465 e. The summed E-state index contributed by atoms with van der Waals surface area (Å²) < 4.78 is 5.43. The molecule has 0 aliphatic rings. The summed E-state index contributed by atoms with van der Waals surface area (Å²) in [6.07, 6.45) is -0.890. The van der Waals surface area contributed by atoms with E-state index >= 15 is 0 Å². The van der Waals surface area contributed by atoms with Gasteiger partial charge < -0.3 is 9.84 Å². The number of benzene rings is 2. The maximum atomic E-state index is 13.1. The van der Waals surface area contributed by atoms with Crippen molar-refractivity contribution in [1.29, 1.82) is 0 Å². The molecule has 0 saturated heterocycles. The minimum Gasteiger partial charge on any atom is -0.465 e. The zero-order chi connectivity index (χ0) is 21.6. The van der Waals surface area contributed by atoms with Gasteiger partial charge in [-0.05, 0) is 37.3 Å². The number of aliphatic hydroxyl groups is 1. The fourth-order valence-corrected chi connectivity index (χ4v) is 3.74. The van der Waals surface area contributed by atoms with Crippen molar-refractivity contribution in [2.24, 2.45) is 5.41 Å². The van der Waals surface area contributed by atoms with Gasteiger partial charge in [0.1, 0.15) is 6.04 Å². The molecular weight excluding hydrogens is 362 g/mol. The predicted octanol–water partition coefficient (Wildman–Crippen LogP) is 5.15. The third kappa shape index (κ3) is 5.68. The van der Waals surface area contributed by atoms with E-state index in [4.69, 9.17) is 4.74 Å². The van der Waals surface area contributed by atoms with E-state index in [9.17, 15) is 9.90 Å². The van der Waals surface area contributed by atoms with Gasteiger partial charge >= 0.3 is 5.97 Å². The lowest BCUT2D eigenvalue weighted by atomic mass is 9.82. The quantitative estimate of drug-likeness (QED) is 0.626. The lowest BCUT2D eigenvalue weighted by Crippen LogP contribution is -2.55. The van der Waals surface area contributed by atoms with Gasteiger partial charge in [-0.1, -0.05) is 81.4 Å². The Morgan fingerprint density at radius 3 is 1.69 bits per heavy atom. The Hall–Kier alpha value is -2.17. The highest BCUT2D eigenvalue weighted by molar-refractivity contribution is 5.77. The molecule has 4 nitrogen and oxygen atoms in total. The number of hydrogen-bond acceptors (Lipinski definition) is 4. The fraction of sp³-hybridized carbons (Fsp3) is 0.480. The minimum absolute atomic E-state index is 0.0992. The van der Waals surface area contributed by atoms with E-state index < -0.39 is 17.6 Å². The van der Waals surface area contributed by atoms with Crippen LogP contribution in [0.4, 0.5) is 0 Å². The van der Waals surface area contributed by atoms with Crippen LogP contribution in [0.25, 0.3) is 0 Å². The lowest BCUT2D eigenvalue weighted by Gasteiger charge is -2.44. The average molecular weight is 398 g/mol. The zero-order valence-corrected chi connectivity index (χ0v) is 18.5. The molecule has 0 unspecified atom stereocenters. The molecule has 2 rings (SSSR count). The van der Waals surface area contributed by atoms with Crippen LogP contribution in [0.5, 0.6) is 0 Å². The van der Waals surface area contributed by atoms with Crippen molar-refractivity contribution >= 4 is 5.97 Å². The van der Waals surface area contributed by atoms with Crippen LogP contribution >= 0.6 is 0 Å². The van der Waals surface area contributed by atoms with Crippen LogP contribution in [0.2, 0.25) is 0 Å². The van der Waals surface area contributed by atoms with Crippen LogP contribution in [0.1, 0.15) is 64.8 Å². The van der Waals surface area contributed by atoms with Gasteiger partial charge in [-0.15, -0.1) is 0 Å². The highest BCUT2D eigenvalue weighted by Crippen LogP contribution is 2.37. The fourth-order valence-electron chi connectivity index (χ4n) is 3.74. The van der Waals surface area contributed by atoms with Crippen LogP contribution in [0.3, 0.4) is 0 Å². The van der Waals surface area contributed by atoms with Crippen LogP contribution < -0.4 is 0 Å². The van der Waals surface area contributed by atoms with Gasteiger partial charge in [0.25, 0.3) is 0 Å². The first-order chi connectivity index (χ1) is 13.7. The summed E-state index contributed by atoms with van der Waals surface area (Å²) in [4.78, 5) is 15.2. The molecule has 0 aromatic heterocycles. The Kier molecular flexibility index (Phi) is 8.00. The molecule has 1 N–H and O–H groups in total. The summed E-state index contributed by atoms with van der Waals surface area (Å²) >= 11 is 0. The van der Waals surface area contributed by atoms with Gasteiger partial charge in [-0.2, -0.15) is 0 Å². The minimum atomic E-state index is -0.890. The summed E-state index contributed by atoms with van der Waals surface area (Å²) in [6, 6.07) is 19.2. The van der Waals surface area contributed by atoms with Gasteiger partial charge in [-0.25, -0.2) is 0 Å². The van der Waals surface area contributed by atoms with E-state index in [2.05, 4.69) is 43.0 Å². The number of ether oxygens (including phenoxy) is 1. The van der Waals surface area contributed by atoms with Crippen molar-refractivity contribution in [2.75, 3.05) is 6.61 Å². The molecular formula is C25H35NO3. The maximum absolute atomic E-state index is 13.1. The Balaban J connectivity index is 2.58. The molecule has 0 aliphatic carbocycles. The number of aliphatic hydroxyl groups excluding tert-OH is 1. The number of hydrogen-bond donors (Lipinski definition) is 1. The van der Waals surface area contributed by atoms with Gasteiger partial charge in [0.15, 0.2) is 0 Å². The van der Waals surface area contributed by atoms with E-state index in [1.54, 1.807) is 6.92 Å². The first-order valence-corrected chi connectivity index (χ1v) is 10.4. The molecule has 158 valence electrons. The van der Waals surface area contributed by atoms with Crippen LogP contribution in [0.15, 0.2) is 60.7 Å². The number of esters is 1. The van der Waals surface area contributed by atoms with Crippen molar-refractivity contribution in [2.45, 2.75) is 65.8 Å². The second kappa shape index (κ2) is 10.0. The molecule has 0 radical (unpaired) electrons. The summed E-state index contributed by atoms with van der Waals surface area (Å²) in [5, 5.41) is 11.3. The van der Waals surface area contributed by atoms with Crippen molar-refractivity contribution in [1.82, 2.24) is 4.90 Å². The Bertz CT molecular complexity index is 709. The number of carbonyl (C=O) groups is 1. The molecule has 0 bridgehead atoms. The van der Waals surface area contributed by atoms with E-state index in [-0.39, 0.29) is 24.7 Å². The standard InChI is InChI=1S/C25H35NO3/c1-7-29-24(28)22(23(27)25(4,5)6)26(18(2)20-14-10-8-11-15-20)19(3)21-16-12-9-13-17-21/h8-19,22-23,27H,7H2,1-6H3/t18-,19-,22-,23+/m0/s1. The zero-order valence-electron chi connectivity index (χ0n) is 18.5. The molecule has 2 aromatic carbocycles. The monoisotopic (exact) mass is 397 g/mol. The summed E-state index contributed by atoms with van der Waals surface area (Å²) in [5.74, 6) is -0.388. The SMILES string of the molecule is CCOC(=O)[C@H]([C@@H](O)C(C)(C)C)N([C@@H](C)c1ccccc1)[C@@H](C)c1ccccc1. The van der Waals surface area contributed by atoms with Crippen molar-refractivity contribution in [3.8, 4) is 0 Å². The summed E-state index contributed by atoms with van der Waals surface area (Å²) in [7, 11) is 0. The second-order valence-electron chi connectivity index (χ2n) is 8.63. The normalized spacial score (nSPS) is 16.1. The van der Waals surface area contributed by atoms with E-state index in [1.807, 2.05) is 57.2 Å². The summed E-state index contributed by atoms with van der Waals surface area (Å²) in [5.41, 5.74) is 1.69. The van der Waals surface area contributed by atoms with Gasteiger partial charge in [0.2, 0.25) is 0 Å². The molecule has 0 spiro atoms. The second-order valence-corrected chi connectivity index (χ2v) is 8.63. The van der Waals surface area contributed by atoms with Crippen LogP contribution in [0, 0.1) is 5.41 Å². The molecule has 2 aromatic rings. The third-order valence-electron chi connectivity index (χ3n) is 5.49. The average Bonchev–Trinajstić information content (AvgIpc) is 2.71. The van der Waals surface area contributed by atoms with Gasteiger partial charge in [0, 0.05) is 12.1 Å². The highest BCUT2D eigenvalue weighted by atomic mass is 16.5. The lowest BCUT2D eigenvalue weighted by molar-refractivity contribution is -0.162. The Morgan fingerprint density at radius 1 is 0.931 bits per heavy atom. The van der Waals surface area contributed by atoms with Gasteiger partial charge in [0.05, 0.1) is 12.7 Å². The number of carbonyl (C=O) groups excluding carboxylic acids is 1. The number of rotatable bonds is 8. The topological polar surface area (TPSA) is 49.8 Å². The van der Waals surface area contributed by atoms with E-state index in [0.717, 1.165) is 11.1 Å². The van der Waals surface area contributed by atoms with Crippen molar-refractivity contribution in [3.63, 3.8) is 0 Å². The third-order valence-corrected chi connectivity index (χ3v) is 5.49. The summed E-state index contributed by atoms with van der Waals surface area (Å²) in [6.45, 7) is 12.1. The van der Waals surface area contributed by atoms with Crippen molar-refractivity contribution < 1.29 is 14.6 Å². The van der Waals surface area contributed by atoms with Gasteiger partial charge in [-0.3, -0.25) is 9.69 Å². The van der Waals surface area contributed by atoms with E-state index in [0.29, 0.717) is 0 Å². The van der Waals surface area contributed by atoms with Crippen LogP contribution in [-0.4, -0.2) is 34.7 Å². The molecule has 0 fully saturated rings. The van der Waals surface area contributed by atoms with Crippen LogP contribution in [-0.2, 0) is 9.53 Å². The first-order valence-electron chi connectivity index (χ1n) is 10.4. The van der Waals surface area contributed by atoms with Crippen molar-refractivity contribution in [3.05, 3.63) is 71.8 Å². The molecule has 0 saturated carbocycles. The molecule has 4 atom stereocenters. The molecule has 4 heteroatoms. The maximum Gasteiger partial charge on any atom is 0.326 e. The molecule has 0 aliphatic heterocycles. The number of nitrogens with zero attached hydrogens (tertiary/aromatic N) is 1. The highest BCUT2D eigenvalue weighted by Gasteiger charge is 2.44. The molecule has 0 amide bonds. The Morgan fingerprint density at radius 2 is 1.34 bits per heavy atom. The van der Waals surface area contributed by atoms with E-state index in [1.165, 1.54) is 0 Å². The Labute approximate surface area is 175 Å². The predicted molar refractivity (Wildman–Crippen MR) is 117 cm³/mol. The smallest absolute Gasteiger partial charge is 0.326 e.